The molecule has 0 spiro atoms. The smallest absolute Gasteiger partial charge is 0.256 e. The van der Waals surface area contributed by atoms with Gasteiger partial charge in [-0.15, -0.1) is 0 Å². The molecule has 5 nitrogen and oxygen atoms in total. The number of primary amides is 1. The number of nitrogens with two attached hydrogens (primary N) is 1. The van der Waals surface area contributed by atoms with E-state index in [0.29, 0.717) is 32.6 Å². The highest BCUT2D eigenvalue weighted by Gasteiger charge is 2.24. The summed E-state index contributed by atoms with van der Waals surface area (Å²) in [4.78, 5) is 26.5. The molecule has 0 bridgehead atoms. The number of rotatable bonds is 3. The van der Waals surface area contributed by atoms with Gasteiger partial charge in [0.1, 0.15) is 0 Å². The molecule has 0 radical (unpaired) electrons. The van der Waals surface area contributed by atoms with Crippen molar-refractivity contribution in [3.05, 3.63) is 35.4 Å². The molecule has 1 aromatic carbocycles. The van der Waals surface area contributed by atoms with E-state index < -0.39 is 23.4 Å². The number of hydrogen-bond donors (Lipinski definition) is 1. The molecule has 1 saturated heterocycles. The number of carbonyl (C=O) groups is 2. The first kappa shape index (κ1) is 15.4. The minimum Gasteiger partial charge on any atom is -0.369 e. The number of amides is 2. The second-order valence-corrected chi connectivity index (χ2v) is 4.99. The van der Waals surface area contributed by atoms with Crippen LogP contribution in [0.3, 0.4) is 0 Å². The molecule has 1 fully saturated rings. The molecule has 0 aromatic heterocycles. The van der Waals surface area contributed by atoms with Crippen LogP contribution in [0, 0.1) is 11.6 Å². The Morgan fingerprint density at radius 2 is 1.90 bits per heavy atom. The van der Waals surface area contributed by atoms with Crippen molar-refractivity contribution < 1.29 is 18.4 Å². The van der Waals surface area contributed by atoms with Gasteiger partial charge in [-0.1, -0.05) is 6.07 Å². The van der Waals surface area contributed by atoms with E-state index in [2.05, 4.69) is 0 Å². The van der Waals surface area contributed by atoms with Crippen molar-refractivity contribution in [2.24, 2.45) is 5.73 Å². The Bertz CT molecular complexity index is 551. The summed E-state index contributed by atoms with van der Waals surface area (Å²) in [6.07, 6.45) is 0.649. The molecule has 1 aromatic rings. The van der Waals surface area contributed by atoms with Gasteiger partial charge in [-0.2, -0.15) is 0 Å². The number of halogens is 2. The second kappa shape index (κ2) is 6.62. The third-order valence-electron chi connectivity index (χ3n) is 3.44. The van der Waals surface area contributed by atoms with Crippen LogP contribution in [-0.4, -0.2) is 54.3 Å². The highest BCUT2D eigenvalue weighted by molar-refractivity contribution is 5.94. The van der Waals surface area contributed by atoms with Crippen LogP contribution in [0.25, 0.3) is 0 Å². The maximum Gasteiger partial charge on any atom is 0.256 e. The molecule has 0 aliphatic carbocycles. The second-order valence-electron chi connectivity index (χ2n) is 4.99. The summed E-state index contributed by atoms with van der Waals surface area (Å²) in [5, 5.41) is 0. The summed E-state index contributed by atoms with van der Waals surface area (Å²) in [7, 11) is 0. The van der Waals surface area contributed by atoms with E-state index in [1.165, 1.54) is 17.0 Å². The molecular formula is C14H17F2N3O2. The van der Waals surface area contributed by atoms with Crippen LogP contribution in [0.1, 0.15) is 16.8 Å². The van der Waals surface area contributed by atoms with Gasteiger partial charge in [-0.3, -0.25) is 14.5 Å². The molecule has 0 atom stereocenters. The third kappa shape index (κ3) is 3.75. The van der Waals surface area contributed by atoms with E-state index in [0.717, 1.165) is 6.07 Å². The first-order chi connectivity index (χ1) is 9.99. The lowest BCUT2D eigenvalue weighted by atomic mass is 10.1. The van der Waals surface area contributed by atoms with Crippen LogP contribution in [0.15, 0.2) is 18.2 Å². The fraction of sp³-hybridized carbons (Fsp3) is 0.429. The summed E-state index contributed by atoms with van der Waals surface area (Å²) in [6.45, 7) is 2.03. The largest absolute Gasteiger partial charge is 0.369 e. The van der Waals surface area contributed by atoms with Gasteiger partial charge in [0.2, 0.25) is 5.91 Å². The molecule has 114 valence electrons. The molecule has 0 unspecified atom stereocenters. The summed E-state index contributed by atoms with van der Waals surface area (Å²) in [5.74, 6) is -3.12. The SMILES string of the molecule is NC(=O)CN1CCCN(C(=O)c2cccc(F)c2F)CC1. The molecule has 0 saturated carbocycles. The van der Waals surface area contributed by atoms with Crippen LogP contribution in [0.4, 0.5) is 8.78 Å². The van der Waals surface area contributed by atoms with Crippen molar-refractivity contribution in [1.82, 2.24) is 9.80 Å². The average Bonchev–Trinajstić information content (AvgIpc) is 2.66. The predicted octanol–water partition coefficient (Wildman–Crippen LogP) is 0.598. The van der Waals surface area contributed by atoms with Gasteiger partial charge in [0.15, 0.2) is 11.6 Å². The Labute approximate surface area is 121 Å². The van der Waals surface area contributed by atoms with Gasteiger partial charge in [-0.05, 0) is 18.6 Å². The summed E-state index contributed by atoms with van der Waals surface area (Å²) < 4.78 is 26.9. The van der Waals surface area contributed by atoms with Crippen LogP contribution >= 0.6 is 0 Å². The maximum absolute atomic E-state index is 13.7. The molecule has 2 rings (SSSR count). The molecule has 21 heavy (non-hydrogen) atoms. The van der Waals surface area contributed by atoms with Crippen molar-refractivity contribution in [1.29, 1.82) is 0 Å². The van der Waals surface area contributed by atoms with Crippen molar-refractivity contribution in [2.45, 2.75) is 6.42 Å². The third-order valence-corrected chi connectivity index (χ3v) is 3.44. The van der Waals surface area contributed by atoms with Gasteiger partial charge in [0.05, 0.1) is 12.1 Å². The zero-order chi connectivity index (χ0) is 15.4. The van der Waals surface area contributed by atoms with Crippen molar-refractivity contribution in [3.8, 4) is 0 Å². The zero-order valence-electron chi connectivity index (χ0n) is 11.5. The van der Waals surface area contributed by atoms with Gasteiger partial charge in [-0.25, -0.2) is 8.78 Å². The summed E-state index contributed by atoms with van der Waals surface area (Å²) >= 11 is 0. The fourth-order valence-electron chi connectivity index (χ4n) is 2.39. The average molecular weight is 297 g/mol. The molecule has 7 heteroatoms. The van der Waals surface area contributed by atoms with Crippen molar-refractivity contribution in [2.75, 3.05) is 32.7 Å². The minimum atomic E-state index is -1.12. The number of hydrogen-bond acceptors (Lipinski definition) is 3. The lowest BCUT2D eigenvalue weighted by Gasteiger charge is -2.21. The molecule has 2 amide bonds. The van der Waals surface area contributed by atoms with Gasteiger partial charge in [0, 0.05) is 26.2 Å². The molecule has 1 heterocycles. The Morgan fingerprint density at radius 1 is 1.14 bits per heavy atom. The lowest BCUT2D eigenvalue weighted by molar-refractivity contribution is -0.119. The normalized spacial score (nSPS) is 16.6. The first-order valence-corrected chi connectivity index (χ1v) is 6.73. The van der Waals surface area contributed by atoms with Crippen LogP contribution in [0.2, 0.25) is 0 Å². The molecule has 1 aliphatic heterocycles. The predicted molar refractivity (Wildman–Crippen MR) is 72.5 cm³/mol. The van der Waals surface area contributed by atoms with Crippen LogP contribution in [0.5, 0.6) is 0 Å². The van der Waals surface area contributed by atoms with E-state index in [4.69, 9.17) is 5.73 Å². The summed E-state index contributed by atoms with van der Waals surface area (Å²) in [5.41, 5.74) is 4.88. The fourth-order valence-corrected chi connectivity index (χ4v) is 2.39. The van der Waals surface area contributed by atoms with Crippen LogP contribution < -0.4 is 5.73 Å². The molecular weight excluding hydrogens is 280 g/mol. The van der Waals surface area contributed by atoms with Gasteiger partial charge < -0.3 is 10.6 Å². The molecule has 2 N–H and O–H groups in total. The minimum absolute atomic E-state index is 0.135. The van der Waals surface area contributed by atoms with Crippen molar-refractivity contribution >= 4 is 11.8 Å². The highest BCUT2D eigenvalue weighted by Crippen LogP contribution is 2.15. The van der Waals surface area contributed by atoms with E-state index in [9.17, 15) is 18.4 Å². The molecule has 1 aliphatic rings. The Morgan fingerprint density at radius 3 is 2.62 bits per heavy atom. The number of benzene rings is 1. The van der Waals surface area contributed by atoms with E-state index >= 15 is 0 Å². The topological polar surface area (TPSA) is 66.6 Å². The quantitative estimate of drug-likeness (QED) is 0.888. The Balaban J connectivity index is 2.06. The van der Waals surface area contributed by atoms with Gasteiger partial charge in [0.25, 0.3) is 5.91 Å². The zero-order valence-corrected chi connectivity index (χ0v) is 11.5. The Hall–Kier alpha value is -2.02. The lowest BCUT2D eigenvalue weighted by Crippen LogP contribution is -2.38. The van der Waals surface area contributed by atoms with E-state index in [1.807, 2.05) is 4.90 Å². The maximum atomic E-state index is 13.7. The highest BCUT2D eigenvalue weighted by atomic mass is 19.2. The van der Waals surface area contributed by atoms with Crippen molar-refractivity contribution in [3.63, 3.8) is 0 Å². The van der Waals surface area contributed by atoms with Gasteiger partial charge >= 0.3 is 0 Å². The first-order valence-electron chi connectivity index (χ1n) is 6.73. The van der Waals surface area contributed by atoms with E-state index in [1.54, 1.807) is 0 Å². The number of carbonyl (C=O) groups excluding carboxylic acids is 2. The number of nitrogens with zero attached hydrogens (tertiary/aromatic N) is 2. The van der Waals surface area contributed by atoms with Crippen LogP contribution in [-0.2, 0) is 4.79 Å². The van der Waals surface area contributed by atoms with E-state index in [-0.39, 0.29) is 12.1 Å². The Kier molecular flexibility index (Phi) is 4.85. The standard InChI is InChI=1S/C14H17F2N3O2/c15-11-4-1-3-10(13(11)16)14(21)19-6-2-5-18(7-8-19)9-12(17)20/h1,3-4H,2,5-9H2,(H2,17,20). The monoisotopic (exact) mass is 297 g/mol. The summed E-state index contributed by atoms with van der Waals surface area (Å²) in [6, 6.07) is 3.55.